The first kappa shape index (κ1) is 21.7. The van der Waals surface area contributed by atoms with Gasteiger partial charge >= 0.3 is 0 Å². The Balaban J connectivity index is 1.92. The van der Waals surface area contributed by atoms with E-state index in [9.17, 15) is 9.18 Å². The Morgan fingerprint density at radius 2 is 1.87 bits per heavy atom. The van der Waals surface area contributed by atoms with Crippen molar-refractivity contribution >= 4 is 40.6 Å². The van der Waals surface area contributed by atoms with Crippen LogP contribution in [-0.2, 0) is 0 Å². The molecule has 0 aliphatic carbocycles. The first-order chi connectivity index (χ1) is 14.3. The van der Waals surface area contributed by atoms with Crippen molar-refractivity contribution in [2.24, 2.45) is 0 Å². The lowest BCUT2D eigenvalue weighted by atomic mass is 10.1. The van der Waals surface area contributed by atoms with Crippen molar-refractivity contribution in [1.29, 1.82) is 0 Å². The Morgan fingerprint density at radius 1 is 1.17 bits per heavy atom. The lowest BCUT2D eigenvalue weighted by Gasteiger charge is -2.22. The van der Waals surface area contributed by atoms with E-state index in [0.717, 1.165) is 0 Å². The minimum atomic E-state index is -0.722. The van der Waals surface area contributed by atoms with E-state index in [-0.39, 0.29) is 21.5 Å². The van der Waals surface area contributed by atoms with Gasteiger partial charge in [-0.3, -0.25) is 9.78 Å². The summed E-state index contributed by atoms with van der Waals surface area (Å²) in [7, 11) is 3.50. The smallest absolute Gasteiger partial charge is 0.276 e. The van der Waals surface area contributed by atoms with Crippen molar-refractivity contribution in [3.05, 3.63) is 69.8 Å². The predicted octanol–water partition coefficient (Wildman–Crippen LogP) is 4.78. The Labute approximate surface area is 182 Å². The van der Waals surface area contributed by atoms with Gasteiger partial charge in [0, 0.05) is 48.8 Å². The topological polar surface area (TPSA) is 80.2 Å². The fourth-order valence-electron chi connectivity index (χ4n) is 2.67. The van der Waals surface area contributed by atoms with Gasteiger partial charge in [0.2, 0.25) is 0 Å². The minimum absolute atomic E-state index is 0.0380. The number of halogens is 3. The van der Waals surface area contributed by atoms with Crippen LogP contribution in [0.4, 0.5) is 15.9 Å². The van der Waals surface area contributed by atoms with Gasteiger partial charge in [-0.25, -0.2) is 4.39 Å². The average molecular weight is 450 g/mol. The van der Waals surface area contributed by atoms with E-state index in [1.807, 2.05) is 0 Å². The molecule has 1 amide bonds. The highest BCUT2D eigenvalue weighted by Crippen LogP contribution is 2.36. The van der Waals surface area contributed by atoms with Crippen LogP contribution < -0.4 is 15.0 Å². The minimum Gasteiger partial charge on any atom is -0.482 e. The van der Waals surface area contributed by atoms with Crippen LogP contribution in [0.5, 0.6) is 5.75 Å². The number of benzene rings is 1. The van der Waals surface area contributed by atoms with Gasteiger partial charge in [0.15, 0.2) is 17.3 Å². The molecule has 3 rings (SSSR count). The molecule has 0 aliphatic rings. The molecule has 10 heteroatoms. The number of hydrogen-bond acceptors (Lipinski definition) is 6. The number of nitrogens with zero attached hydrogens (tertiary/aromatic N) is 4. The highest BCUT2D eigenvalue weighted by molar-refractivity contribution is 6.36. The van der Waals surface area contributed by atoms with E-state index in [1.54, 1.807) is 50.4 Å². The Morgan fingerprint density at radius 3 is 2.53 bits per heavy atom. The Hall–Kier alpha value is -2.97. The quantitative estimate of drug-likeness (QED) is 0.545. The van der Waals surface area contributed by atoms with E-state index in [2.05, 4.69) is 20.5 Å². The second kappa shape index (κ2) is 9.23. The molecule has 1 aromatic carbocycles. The standard InChI is InChI=1S/C20H18Cl2FN5O2/c1-11(17-13(21)4-5-14(23)18(17)22)30-16-10-15(26-27-19(16)28(2)3)20(29)25-12-6-8-24-9-7-12/h4-11H,1-3H3,(H,24,25,29). The highest BCUT2D eigenvalue weighted by atomic mass is 35.5. The molecule has 1 N–H and O–H groups in total. The zero-order valence-electron chi connectivity index (χ0n) is 16.4. The van der Waals surface area contributed by atoms with E-state index < -0.39 is 17.8 Å². The zero-order chi connectivity index (χ0) is 21.8. The van der Waals surface area contributed by atoms with E-state index in [1.165, 1.54) is 18.2 Å². The van der Waals surface area contributed by atoms with E-state index in [4.69, 9.17) is 27.9 Å². The maximum atomic E-state index is 13.9. The van der Waals surface area contributed by atoms with Crippen LogP contribution in [0.1, 0.15) is 29.1 Å². The number of carbonyl (C=O) groups excluding carboxylic acids is 1. The largest absolute Gasteiger partial charge is 0.482 e. The highest BCUT2D eigenvalue weighted by Gasteiger charge is 2.22. The molecule has 0 aliphatic heterocycles. The molecular weight excluding hydrogens is 432 g/mol. The van der Waals surface area contributed by atoms with Gasteiger partial charge in [-0.05, 0) is 31.2 Å². The monoisotopic (exact) mass is 449 g/mol. The van der Waals surface area contributed by atoms with Crippen LogP contribution in [0.2, 0.25) is 10.0 Å². The summed E-state index contributed by atoms with van der Waals surface area (Å²) in [6, 6.07) is 7.33. The molecule has 1 atom stereocenters. The van der Waals surface area contributed by atoms with Gasteiger partial charge < -0.3 is 15.0 Å². The number of nitrogens with one attached hydrogen (secondary N) is 1. The van der Waals surface area contributed by atoms with E-state index in [0.29, 0.717) is 17.1 Å². The van der Waals surface area contributed by atoms with E-state index >= 15 is 0 Å². The molecule has 3 aromatic rings. The lowest BCUT2D eigenvalue weighted by molar-refractivity contribution is 0.102. The molecule has 30 heavy (non-hydrogen) atoms. The second-order valence-electron chi connectivity index (χ2n) is 6.52. The molecular formula is C20H18Cl2FN5O2. The van der Waals surface area contributed by atoms with Gasteiger partial charge in [-0.2, -0.15) is 0 Å². The summed E-state index contributed by atoms with van der Waals surface area (Å²) in [6.45, 7) is 1.67. The molecule has 0 radical (unpaired) electrons. The summed E-state index contributed by atoms with van der Waals surface area (Å²) in [5.74, 6) is -0.437. The Bertz CT molecular complexity index is 1070. The van der Waals surface area contributed by atoms with Crippen molar-refractivity contribution in [1.82, 2.24) is 15.2 Å². The number of carbonyl (C=O) groups is 1. The maximum Gasteiger partial charge on any atom is 0.276 e. The third-order valence-electron chi connectivity index (χ3n) is 4.12. The van der Waals surface area contributed by atoms with Crippen molar-refractivity contribution < 1.29 is 13.9 Å². The number of anilines is 2. The fraction of sp³-hybridized carbons (Fsp3) is 0.200. The molecule has 0 saturated carbocycles. The van der Waals surface area contributed by atoms with Gasteiger partial charge in [0.25, 0.3) is 5.91 Å². The molecule has 2 aromatic heterocycles. The molecule has 0 saturated heterocycles. The second-order valence-corrected chi connectivity index (χ2v) is 7.30. The third-order valence-corrected chi connectivity index (χ3v) is 4.84. The van der Waals surface area contributed by atoms with Crippen LogP contribution in [-0.4, -0.2) is 35.2 Å². The summed E-state index contributed by atoms with van der Waals surface area (Å²) < 4.78 is 19.9. The van der Waals surface area contributed by atoms with Crippen molar-refractivity contribution in [3.8, 4) is 5.75 Å². The summed E-state index contributed by atoms with van der Waals surface area (Å²) in [6.07, 6.45) is 2.39. The molecule has 7 nitrogen and oxygen atoms in total. The molecule has 156 valence electrons. The van der Waals surface area contributed by atoms with Crippen LogP contribution in [0.15, 0.2) is 42.7 Å². The number of ether oxygens (including phenoxy) is 1. The number of rotatable bonds is 6. The SMILES string of the molecule is CC(Oc1cc(C(=O)Nc2ccncc2)nnc1N(C)C)c1c(Cl)ccc(F)c1Cl. The lowest BCUT2D eigenvalue weighted by Crippen LogP contribution is -2.19. The number of hydrogen-bond donors (Lipinski definition) is 1. The third kappa shape index (κ3) is 4.77. The zero-order valence-corrected chi connectivity index (χ0v) is 17.9. The number of aromatic nitrogens is 3. The van der Waals surface area contributed by atoms with Gasteiger partial charge in [-0.15, -0.1) is 10.2 Å². The van der Waals surface area contributed by atoms with Crippen LogP contribution in [0.3, 0.4) is 0 Å². The fourth-order valence-corrected chi connectivity index (χ4v) is 3.35. The van der Waals surface area contributed by atoms with Crippen molar-refractivity contribution in [3.63, 3.8) is 0 Å². The van der Waals surface area contributed by atoms with Crippen molar-refractivity contribution in [2.75, 3.05) is 24.3 Å². The first-order valence-electron chi connectivity index (χ1n) is 8.84. The normalized spacial score (nSPS) is 11.7. The number of pyridine rings is 1. The average Bonchev–Trinajstić information content (AvgIpc) is 2.71. The molecule has 1 unspecified atom stereocenters. The summed E-state index contributed by atoms with van der Waals surface area (Å²) in [4.78, 5) is 18.1. The number of amides is 1. The van der Waals surface area contributed by atoms with Gasteiger partial charge in [-0.1, -0.05) is 23.2 Å². The predicted molar refractivity (Wildman–Crippen MR) is 114 cm³/mol. The summed E-state index contributed by atoms with van der Waals surface area (Å²) >= 11 is 12.3. The van der Waals surface area contributed by atoms with Gasteiger partial charge in [0.1, 0.15) is 11.9 Å². The summed E-state index contributed by atoms with van der Waals surface area (Å²) in [5, 5.41) is 10.9. The molecule has 2 heterocycles. The van der Waals surface area contributed by atoms with Crippen LogP contribution >= 0.6 is 23.2 Å². The molecule has 0 fully saturated rings. The first-order valence-corrected chi connectivity index (χ1v) is 9.60. The summed E-state index contributed by atoms with van der Waals surface area (Å²) in [5.41, 5.74) is 0.890. The molecule has 0 spiro atoms. The van der Waals surface area contributed by atoms with Crippen LogP contribution in [0.25, 0.3) is 0 Å². The maximum absolute atomic E-state index is 13.9. The Kier molecular flexibility index (Phi) is 6.69. The molecule has 0 bridgehead atoms. The van der Waals surface area contributed by atoms with Gasteiger partial charge in [0.05, 0.1) is 5.02 Å². The van der Waals surface area contributed by atoms with Crippen molar-refractivity contribution in [2.45, 2.75) is 13.0 Å². The van der Waals surface area contributed by atoms with Crippen LogP contribution in [0, 0.1) is 5.82 Å².